The summed E-state index contributed by atoms with van der Waals surface area (Å²) in [5, 5.41) is 2.69. The molecule has 1 aromatic carbocycles. The monoisotopic (exact) mass is 319 g/mol. The van der Waals surface area contributed by atoms with Gasteiger partial charge in [-0.1, -0.05) is 13.0 Å². The third kappa shape index (κ3) is 4.56. The van der Waals surface area contributed by atoms with Gasteiger partial charge in [0.25, 0.3) is 5.91 Å². The molecule has 0 unspecified atom stereocenters. The van der Waals surface area contributed by atoms with Gasteiger partial charge in [0, 0.05) is 17.4 Å². The van der Waals surface area contributed by atoms with Gasteiger partial charge in [0.2, 0.25) is 10.0 Å². The van der Waals surface area contributed by atoms with Gasteiger partial charge in [0.15, 0.2) is 0 Å². The molecule has 1 heterocycles. The lowest BCUT2D eigenvalue weighted by Crippen LogP contribution is -2.17. The highest BCUT2D eigenvalue weighted by Gasteiger charge is 2.11. The molecule has 1 amide bonds. The van der Waals surface area contributed by atoms with Crippen molar-refractivity contribution in [1.29, 1.82) is 0 Å². The molecule has 2 aromatic rings. The van der Waals surface area contributed by atoms with Crippen molar-refractivity contribution in [2.45, 2.75) is 13.3 Å². The number of sulfonamides is 1. The number of nitrogens with zero attached hydrogens (tertiary/aromatic N) is 1. The lowest BCUT2D eigenvalue weighted by Gasteiger charge is -2.09. The lowest BCUT2D eigenvalue weighted by atomic mass is 10.2. The molecule has 7 heteroatoms. The largest absolute Gasteiger partial charge is 0.321 e. The lowest BCUT2D eigenvalue weighted by molar-refractivity contribution is 0.102. The summed E-state index contributed by atoms with van der Waals surface area (Å²) < 4.78 is 26.0. The van der Waals surface area contributed by atoms with Crippen LogP contribution in [0.2, 0.25) is 0 Å². The number of anilines is 2. The van der Waals surface area contributed by atoms with Crippen LogP contribution in [0.15, 0.2) is 48.8 Å². The first-order valence-corrected chi connectivity index (χ1v) is 8.47. The Morgan fingerprint density at radius 1 is 1.18 bits per heavy atom. The molecule has 6 nitrogen and oxygen atoms in total. The normalized spacial score (nSPS) is 11.0. The zero-order chi connectivity index (χ0) is 16.0. The Bertz CT molecular complexity index is 746. The Balaban J connectivity index is 2.13. The minimum absolute atomic E-state index is 0.0408. The molecule has 22 heavy (non-hydrogen) atoms. The quantitative estimate of drug-likeness (QED) is 0.856. The van der Waals surface area contributed by atoms with Crippen molar-refractivity contribution in [3.8, 4) is 0 Å². The molecule has 0 atom stereocenters. The van der Waals surface area contributed by atoms with E-state index >= 15 is 0 Å². The number of amides is 1. The van der Waals surface area contributed by atoms with Crippen LogP contribution >= 0.6 is 0 Å². The summed E-state index contributed by atoms with van der Waals surface area (Å²) in [4.78, 5) is 16.1. The van der Waals surface area contributed by atoms with E-state index in [-0.39, 0.29) is 11.7 Å². The van der Waals surface area contributed by atoms with Crippen LogP contribution in [0.3, 0.4) is 0 Å². The number of hydrogen-bond donors (Lipinski definition) is 2. The number of aromatic nitrogens is 1. The van der Waals surface area contributed by atoms with Crippen molar-refractivity contribution in [2.75, 3.05) is 15.8 Å². The molecule has 2 N–H and O–H groups in total. The Labute approximate surface area is 129 Å². The van der Waals surface area contributed by atoms with Crippen molar-refractivity contribution < 1.29 is 13.2 Å². The number of benzene rings is 1. The fourth-order valence-corrected chi connectivity index (χ4v) is 2.99. The number of hydrogen-bond acceptors (Lipinski definition) is 4. The van der Waals surface area contributed by atoms with Gasteiger partial charge in [0.1, 0.15) is 0 Å². The van der Waals surface area contributed by atoms with Gasteiger partial charge in [-0.15, -0.1) is 0 Å². The smallest absolute Gasteiger partial charge is 0.255 e. The second kappa shape index (κ2) is 7.04. The molecule has 0 fully saturated rings. The first kappa shape index (κ1) is 16.0. The Morgan fingerprint density at radius 2 is 1.95 bits per heavy atom. The van der Waals surface area contributed by atoms with Gasteiger partial charge < -0.3 is 5.32 Å². The first-order valence-electron chi connectivity index (χ1n) is 6.82. The molecule has 1 aromatic heterocycles. The molecule has 0 aliphatic carbocycles. The zero-order valence-corrected chi connectivity index (χ0v) is 12.9. The standard InChI is InChI=1S/C15H17N3O3S/c1-2-9-22(20,21)18-13-6-3-5-12(10-13)15(19)17-14-7-4-8-16-11-14/h3-8,10-11,18H,2,9H2,1H3,(H,17,19). The fraction of sp³-hybridized carbons (Fsp3) is 0.200. The maximum atomic E-state index is 12.1. The maximum absolute atomic E-state index is 12.1. The van der Waals surface area contributed by atoms with Crippen LogP contribution in [-0.4, -0.2) is 25.1 Å². The second-order valence-electron chi connectivity index (χ2n) is 4.70. The van der Waals surface area contributed by atoms with Crippen molar-refractivity contribution >= 4 is 27.3 Å². The highest BCUT2D eigenvalue weighted by atomic mass is 32.2. The van der Waals surface area contributed by atoms with Crippen LogP contribution in [0.1, 0.15) is 23.7 Å². The molecule has 0 radical (unpaired) electrons. The predicted octanol–water partition coefficient (Wildman–Crippen LogP) is 2.49. The molecular formula is C15H17N3O3S. The van der Waals surface area contributed by atoms with Crippen LogP contribution < -0.4 is 10.0 Å². The third-order valence-corrected chi connectivity index (χ3v) is 4.28. The molecule has 0 bridgehead atoms. The van der Waals surface area contributed by atoms with Crippen LogP contribution in [0, 0.1) is 0 Å². The summed E-state index contributed by atoms with van der Waals surface area (Å²) >= 11 is 0. The van der Waals surface area contributed by atoms with Gasteiger partial charge in [0.05, 0.1) is 17.6 Å². The molecule has 0 aliphatic rings. The van der Waals surface area contributed by atoms with Crippen LogP contribution in [-0.2, 0) is 10.0 Å². The van der Waals surface area contributed by atoms with E-state index in [9.17, 15) is 13.2 Å². The van der Waals surface area contributed by atoms with Crippen molar-refractivity contribution in [1.82, 2.24) is 4.98 Å². The Hall–Kier alpha value is -2.41. The SMILES string of the molecule is CCCS(=O)(=O)Nc1cccc(C(=O)Nc2cccnc2)c1. The maximum Gasteiger partial charge on any atom is 0.255 e. The summed E-state index contributed by atoms with van der Waals surface area (Å²) in [5.74, 6) is -0.288. The summed E-state index contributed by atoms with van der Waals surface area (Å²) in [6, 6.07) is 9.78. The summed E-state index contributed by atoms with van der Waals surface area (Å²) in [6.07, 6.45) is 3.67. The van der Waals surface area contributed by atoms with Gasteiger partial charge in [-0.3, -0.25) is 14.5 Å². The molecule has 116 valence electrons. The number of carbonyl (C=O) groups excluding carboxylic acids is 1. The Morgan fingerprint density at radius 3 is 2.64 bits per heavy atom. The molecular weight excluding hydrogens is 302 g/mol. The van der Waals surface area contributed by atoms with Gasteiger partial charge in [-0.05, 0) is 36.8 Å². The van der Waals surface area contributed by atoms with E-state index in [2.05, 4.69) is 15.0 Å². The van der Waals surface area contributed by atoms with Crippen LogP contribution in [0.5, 0.6) is 0 Å². The van der Waals surface area contributed by atoms with Gasteiger partial charge >= 0.3 is 0 Å². The molecule has 0 saturated heterocycles. The highest BCUT2D eigenvalue weighted by Crippen LogP contribution is 2.14. The summed E-state index contributed by atoms with van der Waals surface area (Å²) in [7, 11) is -3.38. The number of nitrogens with one attached hydrogen (secondary N) is 2. The topological polar surface area (TPSA) is 88.2 Å². The highest BCUT2D eigenvalue weighted by molar-refractivity contribution is 7.92. The van der Waals surface area contributed by atoms with Gasteiger partial charge in [-0.25, -0.2) is 8.42 Å². The van der Waals surface area contributed by atoms with Crippen LogP contribution in [0.25, 0.3) is 0 Å². The minimum Gasteiger partial charge on any atom is -0.321 e. The van der Waals surface area contributed by atoms with Crippen molar-refractivity contribution in [3.05, 3.63) is 54.4 Å². The summed E-state index contributed by atoms with van der Waals surface area (Å²) in [5.41, 5.74) is 1.30. The van der Waals surface area contributed by atoms with E-state index in [1.807, 2.05) is 0 Å². The molecule has 0 saturated carbocycles. The van der Waals surface area contributed by atoms with Crippen molar-refractivity contribution in [2.24, 2.45) is 0 Å². The van der Waals surface area contributed by atoms with Gasteiger partial charge in [-0.2, -0.15) is 0 Å². The summed E-state index contributed by atoms with van der Waals surface area (Å²) in [6.45, 7) is 1.79. The van der Waals surface area contributed by atoms with E-state index in [1.54, 1.807) is 43.5 Å². The molecule has 0 spiro atoms. The molecule has 0 aliphatic heterocycles. The zero-order valence-electron chi connectivity index (χ0n) is 12.1. The van der Waals surface area contributed by atoms with Crippen molar-refractivity contribution in [3.63, 3.8) is 0 Å². The van der Waals surface area contributed by atoms with Crippen LogP contribution in [0.4, 0.5) is 11.4 Å². The van der Waals surface area contributed by atoms with E-state index < -0.39 is 10.0 Å². The average Bonchev–Trinajstić information content (AvgIpc) is 2.48. The minimum atomic E-state index is -3.38. The number of pyridine rings is 1. The van der Waals surface area contributed by atoms with E-state index in [4.69, 9.17) is 0 Å². The van der Waals surface area contributed by atoms with E-state index in [1.165, 1.54) is 12.3 Å². The van der Waals surface area contributed by atoms with E-state index in [0.717, 1.165) is 0 Å². The predicted molar refractivity (Wildman–Crippen MR) is 86.3 cm³/mol. The fourth-order valence-electron chi connectivity index (χ4n) is 1.86. The first-order chi connectivity index (χ1) is 10.5. The molecule has 2 rings (SSSR count). The third-order valence-electron chi connectivity index (χ3n) is 2.79. The second-order valence-corrected chi connectivity index (χ2v) is 6.54. The van der Waals surface area contributed by atoms with E-state index in [0.29, 0.717) is 23.4 Å². The average molecular weight is 319 g/mol. The number of rotatable bonds is 6. The Kier molecular flexibility index (Phi) is 5.11. The number of carbonyl (C=O) groups is 1.